The highest BCUT2D eigenvalue weighted by Gasteiger charge is 2.12. The molecule has 0 atom stereocenters. The van der Waals surface area contributed by atoms with Crippen LogP contribution in [0.15, 0.2) is 48.5 Å². The SMILES string of the molecule is CC[N+](C)(C)CCCNc1c2ccccc2nc2ccccc12. The third-order valence-corrected chi connectivity index (χ3v) is 4.69. The Morgan fingerprint density at radius 1 is 0.913 bits per heavy atom. The van der Waals surface area contributed by atoms with Crippen LogP contribution in [0.25, 0.3) is 21.8 Å². The molecule has 0 saturated heterocycles. The maximum atomic E-state index is 4.78. The van der Waals surface area contributed by atoms with E-state index >= 15 is 0 Å². The third-order valence-electron chi connectivity index (χ3n) is 4.69. The van der Waals surface area contributed by atoms with E-state index in [1.54, 1.807) is 0 Å². The molecule has 23 heavy (non-hydrogen) atoms. The molecule has 0 radical (unpaired) electrons. The number of pyridine rings is 1. The molecule has 0 aliphatic heterocycles. The summed E-state index contributed by atoms with van der Waals surface area (Å²) in [5.74, 6) is 0. The topological polar surface area (TPSA) is 24.9 Å². The lowest BCUT2D eigenvalue weighted by molar-refractivity contribution is -0.888. The van der Waals surface area contributed by atoms with E-state index in [1.165, 1.54) is 29.5 Å². The van der Waals surface area contributed by atoms with Crippen molar-refractivity contribution in [2.75, 3.05) is 39.0 Å². The van der Waals surface area contributed by atoms with Crippen molar-refractivity contribution in [2.45, 2.75) is 13.3 Å². The quantitative estimate of drug-likeness (QED) is 0.417. The largest absolute Gasteiger partial charge is 0.384 e. The Balaban J connectivity index is 1.88. The Kier molecular flexibility index (Phi) is 4.49. The van der Waals surface area contributed by atoms with Crippen molar-refractivity contribution in [2.24, 2.45) is 0 Å². The van der Waals surface area contributed by atoms with Gasteiger partial charge in [0.15, 0.2) is 0 Å². The number of nitrogens with one attached hydrogen (secondary N) is 1. The molecule has 1 heterocycles. The lowest BCUT2D eigenvalue weighted by Gasteiger charge is -2.28. The highest BCUT2D eigenvalue weighted by molar-refractivity contribution is 6.07. The monoisotopic (exact) mass is 308 g/mol. The van der Waals surface area contributed by atoms with Gasteiger partial charge in [-0.2, -0.15) is 0 Å². The zero-order chi connectivity index (χ0) is 16.3. The molecule has 3 aromatic rings. The lowest BCUT2D eigenvalue weighted by Crippen LogP contribution is -2.40. The van der Waals surface area contributed by atoms with Crippen LogP contribution in [0.4, 0.5) is 5.69 Å². The summed E-state index contributed by atoms with van der Waals surface area (Å²) in [6.45, 7) is 5.59. The zero-order valence-electron chi connectivity index (χ0n) is 14.3. The van der Waals surface area contributed by atoms with Crippen LogP contribution in [0.5, 0.6) is 0 Å². The maximum Gasteiger partial charge on any atom is 0.0799 e. The molecule has 1 N–H and O–H groups in total. The Morgan fingerprint density at radius 2 is 1.48 bits per heavy atom. The second-order valence-corrected chi connectivity index (χ2v) is 6.78. The molecule has 0 aliphatic carbocycles. The van der Waals surface area contributed by atoms with Crippen molar-refractivity contribution in [3.63, 3.8) is 0 Å². The van der Waals surface area contributed by atoms with E-state index < -0.39 is 0 Å². The highest BCUT2D eigenvalue weighted by Crippen LogP contribution is 2.30. The molecule has 1 aromatic heterocycles. The van der Waals surface area contributed by atoms with E-state index in [1.807, 2.05) is 0 Å². The molecule has 2 aromatic carbocycles. The summed E-state index contributed by atoms with van der Waals surface area (Å²) in [5, 5.41) is 6.09. The molecule has 0 fully saturated rings. The third kappa shape index (κ3) is 3.45. The second-order valence-electron chi connectivity index (χ2n) is 6.78. The van der Waals surface area contributed by atoms with Crippen LogP contribution in [-0.4, -0.2) is 43.2 Å². The van der Waals surface area contributed by atoms with Gasteiger partial charge in [0.05, 0.1) is 43.9 Å². The summed E-state index contributed by atoms with van der Waals surface area (Å²) in [6, 6.07) is 16.8. The predicted octanol–water partition coefficient (Wildman–Crippen LogP) is 4.29. The molecular weight excluding hydrogens is 282 g/mol. The minimum atomic E-state index is 0.986. The smallest absolute Gasteiger partial charge is 0.0799 e. The number of hydrogen-bond donors (Lipinski definition) is 1. The van der Waals surface area contributed by atoms with E-state index in [9.17, 15) is 0 Å². The molecule has 0 amide bonds. The summed E-state index contributed by atoms with van der Waals surface area (Å²) in [5.41, 5.74) is 3.32. The normalized spacial score (nSPS) is 12.0. The van der Waals surface area contributed by atoms with Crippen LogP contribution in [0.2, 0.25) is 0 Å². The Morgan fingerprint density at radius 3 is 2.04 bits per heavy atom. The first-order chi connectivity index (χ1) is 11.1. The Bertz CT molecular complexity index is 754. The van der Waals surface area contributed by atoms with Crippen molar-refractivity contribution in [3.05, 3.63) is 48.5 Å². The van der Waals surface area contributed by atoms with Crippen LogP contribution < -0.4 is 5.32 Å². The zero-order valence-corrected chi connectivity index (χ0v) is 14.3. The van der Waals surface area contributed by atoms with Gasteiger partial charge < -0.3 is 9.80 Å². The molecule has 3 nitrogen and oxygen atoms in total. The van der Waals surface area contributed by atoms with Crippen molar-refractivity contribution in [1.82, 2.24) is 4.98 Å². The minimum Gasteiger partial charge on any atom is -0.384 e. The predicted molar refractivity (Wildman–Crippen MR) is 99.9 cm³/mol. The van der Waals surface area contributed by atoms with Crippen LogP contribution >= 0.6 is 0 Å². The first kappa shape index (κ1) is 15.8. The van der Waals surface area contributed by atoms with Crippen molar-refractivity contribution in [3.8, 4) is 0 Å². The summed E-state index contributed by atoms with van der Waals surface area (Å²) in [7, 11) is 4.58. The van der Waals surface area contributed by atoms with Crippen LogP contribution in [0.3, 0.4) is 0 Å². The van der Waals surface area contributed by atoms with Gasteiger partial charge in [0.2, 0.25) is 0 Å². The van der Waals surface area contributed by atoms with Crippen LogP contribution in [0, 0.1) is 0 Å². The van der Waals surface area contributed by atoms with E-state index in [0.717, 1.165) is 28.5 Å². The fourth-order valence-corrected chi connectivity index (χ4v) is 2.91. The first-order valence-electron chi connectivity index (χ1n) is 8.44. The van der Waals surface area contributed by atoms with E-state index in [-0.39, 0.29) is 0 Å². The fourth-order valence-electron chi connectivity index (χ4n) is 2.91. The molecule has 0 aliphatic rings. The maximum absolute atomic E-state index is 4.78. The number of hydrogen-bond acceptors (Lipinski definition) is 2. The van der Waals surface area contributed by atoms with Gasteiger partial charge in [-0.15, -0.1) is 0 Å². The summed E-state index contributed by atoms with van der Waals surface area (Å²) in [6.07, 6.45) is 1.16. The molecule has 0 unspecified atom stereocenters. The molecule has 3 rings (SSSR count). The first-order valence-corrected chi connectivity index (χ1v) is 8.44. The summed E-state index contributed by atoms with van der Waals surface area (Å²) < 4.78 is 1.07. The average molecular weight is 308 g/mol. The van der Waals surface area contributed by atoms with Gasteiger partial charge in [-0.25, -0.2) is 4.98 Å². The fraction of sp³-hybridized carbons (Fsp3) is 0.350. The van der Waals surface area contributed by atoms with Gasteiger partial charge >= 0.3 is 0 Å². The number of benzene rings is 2. The van der Waals surface area contributed by atoms with Gasteiger partial charge in [-0.05, 0) is 19.1 Å². The van der Waals surface area contributed by atoms with E-state index in [4.69, 9.17) is 4.98 Å². The van der Waals surface area contributed by atoms with Crippen molar-refractivity contribution in [1.29, 1.82) is 0 Å². The second kappa shape index (κ2) is 6.55. The lowest BCUT2D eigenvalue weighted by atomic mass is 10.1. The van der Waals surface area contributed by atoms with E-state index in [2.05, 4.69) is 74.9 Å². The number of fused-ring (bicyclic) bond motifs is 2. The van der Waals surface area contributed by atoms with Gasteiger partial charge in [0.1, 0.15) is 0 Å². The van der Waals surface area contributed by atoms with Gasteiger partial charge in [-0.1, -0.05) is 36.4 Å². The molecule has 120 valence electrons. The number of para-hydroxylation sites is 2. The van der Waals surface area contributed by atoms with Crippen molar-refractivity contribution < 1.29 is 4.48 Å². The number of nitrogens with zero attached hydrogens (tertiary/aromatic N) is 2. The highest BCUT2D eigenvalue weighted by atomic mass is 15.3. The standard InChI is InChI=1S/C20H26N3/c1-4-23(2,3)15-9-14-21-20-16-10-5-7-12-18(16)22-19-13-8-6-11-17(19)20/h5-8,10-13H,4,9,14-15H2,1-3H3,(H,21,22)/q+1. The van der Waals surface area contributed by atoms with Crippen LogP contribution in [-0.2, 0) is 0 Å². The summed E-state index contributed by atoms with van der Waals surface area (Å²) >= 11 is 0. The van der Waals surface area contributed by atoms with Gasteiger partial charge in [0.25, 0.3) is 0 Å². The minimum absolute atomic E-state index is 0.986. The van der Waals surface area contributed by atoms with Crippen molar-refractivity contribution >= 4 is 27.5 Å². The molecule has 0 saturated carbocycles. The van der Waals surface area contributed by atoms with E-state index in [0.29, 0.717) is 0 Å². The van der Waals surface area contributed by atoms with Gasteiger partial charge in [0, 0.05) is 23.7 Å². The van der Waals surface area contributed by atoms with Crippen LogP contribution in [0.1, 0.15) is 13.3 Å². The number of quaternary nitrogens is 1. The molecule has 0 bridgehead atoms. The molecule has 3 heteroatoms. The molecular formula is C20H26N3+. The number of anilines is 1. The number of rotatable bonds is 6. The molecule has 0 spiro atoms. The average Bonchev–Trinajstić information content (AvgIpc) is 2.57. The Hall–Kier alpha value is -2.13. The van der Waals surface area contributed by atoms with Gasteiger partial charge in [-0.3, -0.25) is 0 Å². The number of aromatic nitrogens is 1. The summed E-state index contributed by atoms with van der Waals surface area (Å²) in [4.78, 5) is 4.78. The Labute approximate surface area is 138 Å².